The molecular weight excluding hydrogens is 491 g/mol. The number of nitrogens with two attached hydrogens (primary N) is 2. The Morgan fingerprint density at radius 3 is 2.46 bits per heavy atom. The van der Waals surface area contributed by atoms with Crippen molar-refractivity contribution in [1.29, 1.82) is 0 Å². The van der Waals surface area contributed by atoms with E-state index < -0.39 is 5.91 Å². The number of hydrogen-bond donors (Lipinski definition) is 3. The maximum absolute atomic E-state index is 12.5. The van der Waals surface area contributed by atoms with E-state index in [9.17, 15) is 9.59 Å². The maximum Gasteiger partial charge on any atom is 0.254 e. The Bertz CT molecular complexity index is 1410. The van der Waals surface area contributed by atoms with Crippen LogP contribution in [0.4, 0.5) is 11.7 Å². The fourth-order valence-electron chi connectivity index (χ4n) is 3.59. The Kier molecular flexibility index (Phi) is 6.81. The van der Waals surface area contributed by atoms with E-state index in [1.54, 1.807) is 53.2 Å². The van der Waals surface area contributed by atoms with E-state index in [0.29, 0.717) is 32.6 Å². The number of halogens is 2. The van der Waals surface area contributed by atoms with E-state index in [1.165, 1.54) is 0 Å². The summed E-state index contributed by atoms with van der Waals surface area (Å²) >= 11 is 12.1. The molecule has 0 aliphatic rings. The van der Waals surface area contributed by atoms with Crippen LogP contribution in [0.1, 0.15) is 35.8 Å². The van der Waals surface area contributed by atoms with Crippen LogP contribution in [-0.2, 0) is 11.2 Å². The molecule has 5 N–H and O–H groups in total. The number of nitrogens with zero attached hydrogens (tertiary/aromatic N) is 3. The van der Waals surface area contributed by atoms with Crippen LogP contribution >= 0.6 is 23.2 Å². The highest BCUT2D eigenvalue weighted by Gasteiger charge is 2.22. The molecule has 0 aliphatic carbocycles. The summed E-state index contributed by atoms with van der Waals surface area (Å²) in [5, 5.41) is 12.0. The predicted octanol–water partition coefficient (Wildman–Crippen LogP) is 4.96. The van der Waals surface area contributed by atoms with E-state index in [0.717, 1.165) is 5.56 Å². The number of carbonyl (C=O) groups is 2. The lowest BCUT2D eigenvalue weighted by atomic mass is 10.0. The molecule has 0 atom stereocenters. The van der Waals surface area contributed by atoms with E-state index in [-0.39, 0.29) is 35.6 Å². The molecule has 11 heteroatoms. The highest BCUT2D eigenvalue weighted by Crippen LogP contribution is 2.31. The minimum atomic E-state index is -0.654. The van der Waals surface area contributed by atoms with Gasteiger partial charge in [-0.1, -0.05) is 52.6 Å². The number of amides is 2. The first-order valence-corrected chi connectivity index (χ1v) is 11.4. The summed E-state index contributed by atoms with van der Waals surface area (Å²) in [6.07, 6.45) is 0.0866. The van der Waals surface area contributed by atoms with Gasteiger partial charge in [0, 0.05) is 28.3 Å². The SMILES string of the molecule is CC(C)n1nc(-c2ccc(CC(=O)Nc3cc(-c4ccc(Cl)cc4Cl)no3)cc2)c(C(N)=O)c1N. The summed E-state index contributed by atoms with van der Waals surface area (Å²) in [5.41, 5.74) is 14.7. The first kappa shape index (κ1) is 24.3. The summed E-state index contributed by atoms with van der Waals surface area (Å²) < 4.78 is 6.77. The molecule has 2 aromatic heterocycles. The number of rotatable bonds is 7. The molecule has 2 heterocycles. The van der Waals surface area contributed by atoms with Crippen LogP contribution in [0.3, 0.4) is 0 Å². The van der Waals surface area contributed by atoms with Crippen LogP contribution < -0.4 is 16.8 Å². The molecule has 2 amide bonds. The van der Waals surface area contributed by atoms with E-state index in [1.807, 2.05) is 13.8 Å². The number of benzene rings is 2. The van der Waals surface area contributed by atoms with Crippen LogP contribution in [0.25, 0.3) is 22.5 Å². The predicted molar refractivity (Wildman–Crippen MR) is 135 cm³/mol. The molecule has 0 spiro atoms. The Balaban J connectivity index is 1.46. The van der Waals surface area contributed by atoms with Crippen LogP contribution in [-0.4, -0.2) is 26.8 Å². The quantitative estimate of drug-likeness (QED) is 0.319. The second-order valence-corrected chi connectivity index (χ2v) is 8.98. The van der Waals surface area contributed by atoms with Gasteiger partial charge >= 0.3 is 0 Å². The van der Waals surface area contributed by atoms with Gasteiger partial charge in [-0.2, -0.15) is 5.10 Å². The molecule has 35 heavy (non-hydrogen) atoms. The van der Waals surface area contributed by atoms with Gasteiger partial charge in [0.05, 0.1) is 11.4 Å². The number of hydrogen-bond acceptors (Lipinski definition) is 6. The molecule has 4 rings (SSSR count). The summed E-state index contributed by atoms with van der Waals surface area (Å²) in [6, 6.07) is 13.6. The van der Waals surface area contributed by atoms with Crippen LogP contribution in [0.15, 0.2) is 53.1 Å². The highest BCUT2D eigenvalue weighted by molar-refractivity contribution is 6.36. The van der Waals surface area contributed by atoms with Crippen molar-refractivity contribution in [3.05, 3.63) is 69.7 Å². The molecule has 9 nitrogen and oxygen atoms in total. The van der Waals surface area contributed by atoms with Crippen molar-refractivity contribution < 1.29 is 14.1 Å². The van der Waals surface area contributed by atoms with Crippen molar-refractivity contribution in [2.75, 3.05) is 11.1 Å². The summed E-state index contributed by atoms with van der Waals surface area (Å²) in [5.74, 6) is -0.543. The largest absolute Gasteiger partial charge is 0.383 e. The molecule has 0 saturated carbocycles. The number of primary amides is 1. The number of aromatic nitrogens is 3. The molecule has 0 unspecified atom stereocenters. The number of nitrogen functional groups attached to an aromatic ring is 1. The second kappa shape index (κ2) is 9.81. The Morgan fingerprint density at radius 1 is 1.11 bits per heavy atom. The molecule has 4 aromatic rings. The smallest absolute Gasteiger partial charge is 0.254 e. The van der Waals surface area contributed by atoms with Crippen LogP contribution in [0, 0.1) is 0 Å². The first-order chi connectivity index (χ1) is 16.6. The van der Waals surface area contributed by atoms with E-state index >= 15 is 0 Å². The normalized spacial score (nSPS) is 11.1. The van der Waals surface area contributed by atoms with Gasteiger partial charge in [-0.15, -0.1) is 0 Å². The van der Waals surface area contributed by atoms with Crippen LogP contribution in [0.5, 0.6) is 0 Å². The molecule has 0 radical (unpaired) electrons. The molecular formula is C24H22Cl2N6O3. The zero-order valence-corrected chi connectivity index (χ0v) is 20.4. The maximum atomic E-state index is 12.5. The standard InChI is InChI=1S/C24H22Cl2N6O3/c1-12(2)32-23(27)21(24(28)34)22(30-32)14-5-3-13(4-6-14)9-19(33)29-20-11-18(31-35-20)16-8-7-15(25)10-17(16)26/h3-8,10-12H,9,27H2,1-2H3,(H2,28,34)(H,29,33). The van der Waals surface area contributed by atoms with E-state index in [2.05, 4.69) is 15.6 Å². The van der Waals surface area contributed by atoms with Crippen molar-refractivity contribution >= 4 is 46.7 Å². The molecule has 180 valence electrons. The van der Waals surface area contributed by atoms with Gasteiger partial charge in [0.25, 0.3) is 5.91 Å². The third kappa shape index (κ3) is 5.16. The first-order valence-electron chi connectivity index (χ1n) is 10.6. The fraction of sp³-hybridized carbons (Fsp3) is 0.167. The third-order valence-electron chi connectivity index (χ3n) is 5.25. The number of anilines is 2. The lowest BCUT2D eigenvalue weighted by Crippen LogP contribution is -2.15. The number of nitrogens with one attached hydrogen (secondary N) is 1. The van der Waals surface area contributed by atoms with Crippen molar-refractivity contribution in [2.24, 2.45) is 5.73 Å². The van der Waals surface area contributed by atoms with Gasteiger partial charge in [-0.05, 0) is 37.6 Å². The zero-order valence-electron chi connectivity index (χ0n) is 18.9. The second-order valence-electron chi connectivity index (χ2n) is 8.13. The van der Waals surface area contributed by atoms with Crippen molar-refractivity contribution in [3.8, 4) is 22.5 Å². The van der Waals surface area contributed by atoms with Gasteiger partial charge in [-0.25, -0.2) is 4.68 Å². The molecule has 0 saturated heterocycles. The van der Waals surface area contributed by atoms with E-state index in [4.69, 9.17) is 39.2 Å². The average molecular weight is 513 g/mol. The lowest BCUT2D eigenvalue weighted by Gasteiger charge is -2.07. The highest BCUT2D eigenvalue weighted by atomic mass is 35.5. The van der Waals surface area contributed by atoms with Crippen molar-refractivity contribution in [3.63, 3.8) is 0 Å². The summed E-state index contributed by atoms with van der Waals surface area (Å²) in [7, 11) is 0. The van der Waals surface area contributed by atoms with Crippen molar-refractivity contribution in [2.45, 2.75) is 26.3 Å². The third-order valence-corrected chi connectivity index (χ3v) is 5.80. The topological polar surface area (TPSA) is 142 Å². The average Bonchev–Trinajstić information content (AvgIpc) is 3.38. The van der Waals surface area contributed by atoms with Gasteiger partial charge < -0.3 is 16.0 Å². The monoisotopic (exact) mass is 512 g/mol. The van der Waals surface area contributed by atoms with Crippen molar-refractivity contribution in [1.82, 2.24) is 14.9 Å². The van der Waals surface area contributed by atoms with Gasteiger partial charge in [0.1, 0.15) is 22.8 Å². The lowest BCUT2D eigenvalue weighted by molar-refractivity contribution is -0.115. The Labute approximate surface area is 211 Å². The van der Waals surface area contributed by atoms with Gasteiger partial charge in [0.2, 0.25) is 11.8 Å². The molecule has 0 fully saturated rings. The Hall–Kier alpha value is -3.82. The fourth-order valence-corrected chi connectivity index (χ4v) is 4.10. The van der Waals surface area contributed by atoms with Gasteiger partial charge in [-0.3, -0.25) is 14.9 Å². The summed E-state index contributed by atoms with van der Waals surface area (Å²) in [6.45, 7) is 3.81. The molecule has 0 aliphatic heterocycles. The summed E-state index contributed by atoms with van der Waals surface area (Å²) in [4.78, 5) is 24.5. The molecule has 0 bridgehead atoms. The minimum Gasteiger partial charge on any atom is -0.383 e. The molecule has 2 aromatic carbocycles. The zero-order chi connectivity index (χ0) is 25.3. The minimum absolute atomic E-state index is 0.0443. The Morgan fingerprint density at radius 2 is 1.83 bits per heavy atom. The number of carbonyl (C=O) groups excluding carboxylic acids is 2. The van der Waals surface area contributed by atoms with Crippen LogP contribution in [0.2, 0.25) is 10.0 Å². The van der Waals surface area contributed by atoms with Gasteiger partial charge in [0.15, 0.2) is 0 Å².